The van der Waals surface area contributed by atoms with Crippen LogP contribution in [0.3, 0.4) is 0 Å². The van der Waals surface area contributed by atoms with Crippen LogP contribution in [0.4, 0.5) is 0 Å². The first-order valence-corrected chi connectivity index (χ1v) is 16.2. The maximum absolute atomic E-state index is 12.2. The third-order valence-electron chi connectivity index (χ3n) is 7.38. The normalized spacial score (nSPS) is 19.7. The molecule has 6 heteroatoms. The summed E-state index contributed by atoms with van der Waals surface area (Å²) in [4.78, 5) is 12.2. The Morgan fingerprint density at radius 3 is 1.43 bits per heavy atom. The van der Waals surface area contributed by atoms with Gasteiger partial charge in [-0.2, -0.15) is 0 Å². The van der Waals surface area contributed by atoms with E-state index < -0.39 is 16.6 Å². The van der Waals surface area contributed by atoms with Gasteiger partial charge in [-0.3, -0.25) is 4.79 Å². The zero-order valence-corrected chi connectivity index (χ0v) is 23.7. The number of esters is 1. The number of hydrogen-bond acceptors (Lipinski definition) is 4. The van der Waals surface area contributed by atoms with Gasteiger partial charge >= 0.3 is 5.97 Å². The quantitative estimate of drug-likeness (QED) is 0.226. The van der Waals surface area contributed by atoms with E-state index in [4.69, 9.17) is 13.6 Å². The summed E-state index contributed by atoms with van der Waals surface area (Å²) in [7, 11) is -3.92. The van der Waals surface area contributed by atoms with Crippen LogP contribution in [0.25, 0.3) is 0 Å². The van der Waals surface area contributed by atoms with E-state index in [-0.39, 0.29) is 11.9 Å². The highest BCUT2D eigenvalue weighted by Gasteiger charge is 2.48. The third-order valence-corrected chi connectivity index (χ3v) is 19.5. The Morgan fingerprint density at radius 1 is 0.733 bits per heavy atom. The molecule has 0 aromatic carbocycles. The van der Waals surface area contributed by atoms with Gasteiger partial charge in [-0.15, -0.1) is 0 Å². The third kappa shape index (κ3) is 5.30. The van der Waals surface area contributed by atoms with Crippen LogP contribution in [0.2, 0.25) is 33.2 Å². The van der Waals surface area contributed by atoms with Crippen LogP contribution in [0.1, 0.15) is 83.1 Å². The van der Waals surface area contributed by atoms with Gasteiger partial charge in [0.15, 0.2) is 8.32 Å². The fraction of sp³-hybridized carbons (Fsp3) is 0.875. The van der Waals surface area contributed by atoms with Crippen LogP contribution in [0, 0.1) is 5.92 Å². The first kappa shape index (κ1) is 27.6. The molecule has 0 N–H and O–H groups in total. The van der Waals surface area contributed by atoms with Crippen molar-refractivity contribution in [3.63, 3.8) is 0 Å². The maximum Gasteiger partial charge on any atom is 0.324 e. The SMILES string of the molecule is CC(C)[Si](OC/C=C1/OC(=O)[C@@H]1CO[Si](C(C)C)(C(C)C)C(C)C)(C(C)C)C(C)C. The molecule has 1 saturated heterocycles. The summed E-state index contributed by atoms with van der Waals surface area (Å²) in [5.74, 6) is 0.295. The van der Waals surface area contributed by atoms with Gasteiger partial charge in [0, 0.05) is 0 Å². The Morgan fingerprint density at radius 2 is 1.10 bits per heavy atom. The van der Waals surface area contributed by atoms with Crippen molar-refractivity contribution in [1.29, 1.82) is 0 Å². The molecule has 1 aliphatic heterocycles. The number of ether oxygens (including phenoxy) is 1. The summed E-state index contributed by atoms with van der Waals surface area (Å²) in [6, 6.07) is 0. The molecule has 1 heterocycles. The summed E-state index contributed by atoms with van der Waals surface area (Å²) in [6.45, 7) is 28.3. The van der Waals surface area contributed by atoms with Crippen molar-refractivity contribution in [2.24, 2.45) is 5.92 Å². The molecule has 4 nitrogen and oxygen atoms in total. The van der Waals surface area contributed by atoms with Crippen LogP contribution < -0.4 is 0 Å². The molecule has 0 radical (unpaired) electrons. The van der Waals surface area contributed by atoms with Crippen LogP contribution in [0.5, 0.6) is 0 Å². The lowest BCUT2D eigenvalue weighted by molar-refractivity contribution is -0.159. The van der Waals surface area contributed by atoms with E-state index in [0.29, 0.717) is 46.5 Å². The summed E-state index contributed by atoms with van der Waals surface area (Å²) in [6.07, 6.45) is 1.98. The lowest BCUT2D eigenvalue weighted by Gasteiger charge is -2.44. The van der Waals surface area contributed by atoms with Gasteiger partial charge in [0.2, 0.25) is 8.32 Å². The summed E-state index contributed by atoms with van der Waals surface area (Å²) in [5.41, 5.74) is 3.11. The largest absolute Gasteiger partial charge is 0.430 e. The molecule has 0 bridgehead atoms. The molecular formula is C24H48O4Si2. The maximum atomic E-state index is 12.2. The van der Waals surface area contributed by atoms with E-state index in [2.05, 4.69) is 83.1 Å². The Bertz CT molecular complexity index is 550. The monoisotopic (exact) mass is 456 g/mol. The van der Waals surface area contributed by atoms with Crippen molar-refractivity contribution in [3.05, 3.63) is 11.8 Å². The lowest BCUT2D eigenvalue weighted by Crippen LogP contribution is -2.50. The van der Waals surface area contributed by atoms with Gasteiger partial charge in [-0.05, 0) is 39.3 Å². The van der Waals surface area contributed by atoms with Crippen LogP contribution in [-0.2, 0) is 18.4 Å². The van der Waals surface area contributed by atoms with E-state index in [1.54, 1.807) is 0 Å². The molecule has 1 atom stereocenters. The molecule has 0 amide bonds. The lowest BCUT2D eigenvalue weighted by atomic mass is 10.0. The molecule has 0 aromatic rings. The van der Waals surface area contributed by atoms with Gasteiger partial charge in [0.1, 0.15) is 11.7 Å². The van der Waals surface area contributed by atoms with Crippen molar-refractivity contribution in [2.75, 3.05) is 13.2 Å². The average molecular weight is 457 g/mol. The second-order valence-electron chi connectivity index (χ2n) is 10.8. The van der Waals surface area contributed by atoms with Crippen molar-refractivity contribution in [2.45, 2.75) is 116 Å². The minimum atomic E-state index is -2.00. The number of carbonyl (C=O) groups is 1. The van der Waals surface area contributed by atoms with Crippen molar-refractivity contribution >= 4 is 22.6 Å². The van der Waals surface area contributed by atoms with Crippen LogP contribution in [-0.4, -0.2) is 35.8 Å². The van der Waals surface area contributed by atoms with Gasteiger partial charge in [-0.25, -0.2) is 0 Å². The molecule has 1 aliphatic rings. The summed E-state index contributed by atoms with van der Waals surface area (Å²) < 4.78 is 18.6. The van der Waals surface area contributed by atoms with Crippen molar-refractivity contribution in [1.82, 2.24) is 0 Å². The number of rotatable bonds is 12. The van der Waals surface area contributed by atoms with Gasteiger partial charge < -0.3 is 13.6 Å². The highest BCUT2D eigenvalue weighted by molar-refractivity contribution is 6.78. The second-order valence-corrected chi connectivity index (χ2v) is 21.8. The topological polar surface area (TPSA) is 44.8 Å². The Hall–Kier alpha value is -0.436. The predicted octanol–water partition coefficient (Wildman–Crippen LogP) is 7.43. The minimum Gasteiger partial charge on any atom is -0.430 e. The zero-order valence-electron chi connectivity index (χ0n) is 21.7. The van der Waals surface area contributed by atoms with E-state index >= 15 is 0 Å². The zero-order chi connectivity index (χ0) is 23.4. The van der Waals surface area contributed by atoms with Gasteiger partial charge in [0.25, 0.3) is 0 Å². The number of cyclic esters (lactones) is 1. The fourth-order valence-corrected chi connectivity index (χ4v) is 17.0. The van der Waals surface area contributed by atoms with E-state index in [1.807, 2.05) is 6.08 Å². The average Bonchev–Trinajstić information content (AvgIpc) is 2.59. The minimum absolute atomic E-state index is 0.166. The standard InChI is InChI=1S/C24H48O4Si2/c1-16(2)29(17(3)4,18(5)6)26-14-13-23-22(24(25)28-23)15-27-30(19(7)8,20(9)10)21(11)12/h13,16-22H,14-15H2,1-12H3/b23-13+/t22-/m1/s1. The van der Waals surface area contributed by atoms with Gasteiger partial charge in [-0.1, -0.05) is 83.1 Å². The molecule has 30 heavy (non-hydrogen) atoms. The van der Waals surface area contributed by atoms with Crippen molar-refractivity contribution in [3.8, 4) is 0 Å². The first-order valence-electron chi connectivity index (χ1n) is 11.9. The molecular weight excluding hydrogens is 408 g/mol. The van der Waals surface area contributed by atoms with E-state index in [9.17, 15) is 4.79 Å². The Kier molecular flexibility index (Phi) is 10.1. The van der Waals surface area contributed by atoms with Crippen molar-refractivity contribution < 1.29 is 18.4 Å². The Labute approximate surface area is 188 Å². The molecule has 1 rings (SSSR count). The van der Waals surface area contributed by atoms with Crippen LogP contribution in [0.15, 0.2) is 11.8 Å². The predicted molar refractivity (Wildman–Crippen MR) is 132 cm³/mol. The van der Waals surface area contributed by atoms with E-state index in [1.165, 1.54) is 0 Å². The highest BCUT2D eigenvalue weighted by atomic mass is 28.4. The summed E-state index contributed by atoms with van der Waals surface area (Å²) >= 11 is 0. The molecule has 1 fully saturated rings. The molecule has 176 valence electrons. The smallest absolute Gasteiger partial charge is 0.324 e. The molecule has 0 aliphatic carbocycles. The van der Waals surface area contributed by atoms with E-state index in [0.717, 1.165) is 5.76 Å². The summed E-state index contributed by atoms with van der Waals surface area (Å²) in [5, 5.41) is 0. The Balaban J connectivity index is 2.91. The molecule has 0 aromatic heterocycles. The fourth-order valence-electron chi connectivity index (χ4n) is 6.15. The number of hydrogen-bond donors (Lipinski definition) is 0. The molecule has 0 saturated carbocycles. The highest BCUT2D eigenvalue weighted by Crippen LogP contribution is 2.44. The molecule has 0 spiro atoms. The first-order chi connectivity index (χ1) is 13.7. The second kappa shape index (κ2) is 10.9. The van der Waals surface area contributed by atoms with Gasteiger partial charge in [0.05, 0.1) is 13.2 Å². The molecule has 0 unspecified atom stereocenters. The number of carbonyl (C=O) groups excluding carboxylic acids is 1. The van der Waals surface area contributed by atoms with Crippen LogP contribution >= 0.6 is 0 Å².